The number of allylic oxidation sites excluding steroid dienone is 1. The number of amides is 1. The topological polar surface area (TPSA) is 127 Å². The Kier molecular flexibility index (Phi) is 10.8. The SMILES string of the molecule is COc1ccc(S(=O)(=O)N(CCO)CCO[C@@H]2C[C@H](c3cccc4c3Cc3ccccc3-4)C=C(C(=O)N3CCN(Cc4ccc5c(c4)OCO5)CC3)O2)cc1. The van der Waals surface area contributed by atoms with Crippen molar-refractivity contribution >= 4 is 15.9 Å². The first-order valence-corrected chi connectivity index (χ1v) is 20.1. The lowest BCUT2D eigenvalue weighted by Crippen LogP contribution is -2.49. The summed E-state index contributed by atoms with van der Waals surface area (Å²) in [4.78, 5) is 18.4. The van der Waals surface area contributed by atoms with Crippen molar-refractivity contribution in [3.05, 3.63) is 119 Å². The Hall–Kier alpha value is -4.92. The lowest BCUT2D eigenvalue weighted by atomic mass is 9.87. The van der Waals surface area contributed by atoms with Crippen molar-refractivity contribution in [3.8, 4) is 28.4 Å². The van der Waals surface area contributed by atoms with Crippen LogP contribution in [0.15, 0.2) is 102 Å². The van der Waals surface area contributed by atoms with E-state index >= 15 is 0 Å². The molecule has 55 heavy (non-hydrogen) atoms. The highest BCUT2D eigenvalue weighted by atomic mass is 32.2. The van der Waals surface area contributed by atoms with Gasteiger partial charge in [-0.1, -0.05) is 48.5 Å². The summed E-state index contributed by atoms with van der Waals surface area (Å²) in [6, 6.07) is 26.9. The maximum atomic E-state index is 14.2. The maximum absolute atomic E-state index is 14.2. The van der Waals surface area contributed by atoms with Crippen molar-refractivity contribution in [3.63, 3.8) is 0 Å². The minimum absolute atomic E-state index is 0.00882. The summed E-state index contributed by atoms with van der Waals surface area (Å²) in [6.07, 6.45) is 2.37. The highest BCUT2D eigenvalue weighted by molar-refractivity contribution is 7.89. The third-order valence-electron chi connectivity index (χ3n) is 10.7. The molecule has 0 aromatic heterocycles. The summed E-state index contributed by atoms with van der Waals surface area (Å²) in [5.41, 5.74) is 7.16. The Morgan fingerprint density at radius 3 is 2.49 bits per heavy atom. The van der Waals surface area contributed by atoms with Crippen LogP contribution in [0.4, 0.5) is 0 Å². The van der Waals surface area contributed by atoms with Gasteiger partial charge in [0.1, 0.15) is 5.75 Å². The molecule has 8 rings (SSSR count). The molecule has 0 saturated carbocycles. The fraction of sp³-hybridized carbons (Fsp3) is 0.357. The van der Waals surface area contributed by atoms with Crippen LogP contribution in [0.2, 0.25) is 0 Å². The molecule has 1 fully saturated rings. The molecule has 12 nitrogen and oxygen atoms in total. The van der Waals surface area contributed by atoms with Gasteiger partial charge in [-0.05, 0) is 82.3 Å². The number of carbonyl (C=O) groups excluding carboxylic acids is 1. The van der Waals surface area contributed by atoms with Gasteiger partial charge in [-0.15, -0.1) is 0 Å². The number of carbonyl (C=O) groups is 1. The summed E-state index contributed by atoms with van der Waals surface area (Å²) in [6.45, 7) is 2.95. The second kappa shape index (κ2) is 16.0. The van der Waals surface area contributed by atoms with Crippen molar-refractivity contribution in [1.82, 2.24) is 14.1 Å². The number of fused-ring (bicyclic) bond motifs is 4. The third kappa shape index (κ3) is 7.80. The molecular weight excluding hydrogens is 723 g/mol. The monoisotopic (exact) mass is 767 g/mol. The second-order valence-corrected chi connectivity index (χ2v) is 16.0. The molecule has 4 aromatic rings. The first-order chi connectivity index (χ1) is 26.8. The molecule has 2 atom stereocenters. The number of aliphatic hydroxyl groups excluding tert-OH is 1. The van der Waals surface area contributed by atoms with Crippen LogP contribution in [0, 0.1) is 0 Å². The highest BCUT2D eigenvalue weighted by Gasteiger charge is 2.35. The van der Waals surface area contributed by atoms with Gasteiger partial charge in [0.2, 0.25) is 23.1 Å². The molecule has 13 heteroatoms. The fourth-order valence-electron chi connectivity index (χ4n) is 7.87. The molecule has 0 radical (unpaired) electrons. The van der Waals surface area contributed by atoms with E-state index in [1.807, 2.05) is 29.2 Å². The molecule has 288 valence electrons. The largest absolute Gasteiger partial charge is 0.497 e. The zero-order valence-corrected chi connectivity index (χ0v) is 31.6. The van der Waals surface area contributed by atoms with Gasteiger partial charge in [-0.3, -0.25) is 9.69 Å². The minimum Gasteiger partial charge on any atom is -0.497 e. The van der Waals surface area contributed by atoms with Crippen LogP contribution in [-0.4, -0.2) is 106 Å². The smallest absolute Gasteiger partial charge is 0.288 e. The van der Waals surface area contributed by atoms with Crippen LogP contribution in [0.25, 0.3) is 11.1 Å². The molecule has 1 N–H and O–H groups in total. The maximum Gasteiger partial charge on any atom is 0.288 e. The van der Waals surface area contributed by atoms with Gasteiger partial charge in [0, 0.05) is 58.2 Å². The molecule has 0 bridgehead atoms. The number of sulfonamides is 1. The van der Waals surface area contributed by atoms with E-state index in [4.69, 9.17) is 23.7 Å². The number of methoxy groups -OCH3 is 1. The average molecular weight is 768 g/mol. The van der Waals surface area contributed by atoms with E-state index in [2.05, 4.69) is 47.4 Å². The van der Waals surface area contributed by atoms with Gasteiger partial charge in [0.25, 0.3) is 5.91 Å². The summed E-state index contributed by atoms with van der Waals surface area (Å²) >= 11 is 0. The van der Waals surface area contributed by atoms with Crippen LogP contribution in [0.5, 0.6) is 17.2 Å². The molecule has 1 amide bonds. The molecule has 1 aliphatic carbocycles. The number of ether oxygens (including phenoxy) is 5. The summed E-state index contributed by atoms with van der Waals surface area (Å²) in [5, 5.41) is 9.77. The second-order valence-electron chi connectivity index (χ2n) is 14.1. The Balaban J connectivity index is 0.980. The van der Waals surface area contributed by atoms with Gasteiger partial charge in [-0.2, -0.15) is 4.31 Å². The van der Waals surface area contributed by atoms with Crippen LogP contribution < -0.4 is 14.2 Å². The first-order valence-electron chi connectivity index (χ1n) is 18.7. The van der Waals surface area contributed by atoms with E-state index in [1.54, 1.807) is 12.1 Å². The molecule has 4 aliphatic rings. The molecular formula is C42H45N3O9S. The number of hydrogen-bond acceptors (Lipinski definition) is 10. The molecule has 3 heterocycles. The van der Waals surface area contributed by atoms with E-state index in [9.17, 15) is 18.3 Å². The Labute approximate surface area is 321 Å². The van der Waals surface area contributed by atoms with E-state index < -0.39 is 16.3 Å². The minimum atomic E-state index is -3.94. The van der Waals surface area contributed by atoms with Gasteiger partial charge >= 0.3 is 0 Å². The Bertz CT molecular complexity index is 2170. The van der Waals surface area contributed by atoms with Crippen molar-refractivity contribution < 1.29 is 42.0 Å². The molecule has 3 aliphatic heterocycles. The van der Waals surface area contributed by atoms with Gasteiger partial charge < -0.3 is 33.7 Å². The first kappa shape index (κ1) is 37.0. The fourth-order valence-corrected chi connectivity index (χ4v) is 9.28. The van der Waals surface area contributed by atoms with Gasteiger partial charge in [0.05, 0.1) is 25.2 Å². The number of hydrogen-bond donors (Lipinski definition) is 1. The summed E-state index contributed by atoms with van der Waals surface area (Å²) in [7, 11) is -2.42. The zero-order chi connectivity index (χ0) is 37.9. The third-order valence-corrected chi connectivity index (χ3v) is 12.7. The summed E-state index contributed by atoms with van der Waals surface area (Å²) in [5.74, 6) is 1.91. The molecule has 4 aromatic carbocycles. The number of benzene rings is 4. The van der Waals surface area contributed by atoms with Crippen molar-refractivity contribution in [2.75, 3.05) is 66.4 Å². The van der Waals surface area contributed by atoms with Crippen molar-refractivity contribution in [2.24, 2.45) is 0 Å². The Morgan fingerprint density at radius 1 is 0.909 bits per heavy atom. The van der Waals surface area contributed by atoms with Crippen LogP contribution >= 0.6 is 0 Å². The molecule has 0 unspecified atom stereocenters. The normalized spacial score (nSPS) is 19.1. The van der Waals surface area contributed by atoms with Gasteiger partial charge in [-0.25, -0.2) is 8.42 Å². The lowest BCUT2D eigenvalue weighted by Gasteiger charge is -2.37. The zero-order valence-electron chi connectivity index (χ0n) is 30.8. The number of piperazine rings is 1. The van der Waals surface area contributed by atoms with E-state index in [1.165, 1.54) is 45.8 Å². The number of aliphatic hydroxyl groups is 1. The summed E-state index contributed by atoms with van der Waals surface area (Å²) < 4.78 is 57.1. The van der Waals surface area contributed by atoms with Gasteiger partial charge in [0.15, 0.2) is 17.3 Å². The van der Waals surface area contributed by atoms with E-state index in [0.29, 0.717) is 38.3 Å². The lowest BCUT2D eigenvalue weighted by molar-refractivity contribution is -0.154. The predicted molar refractivity (Wildman–Crippen MR) is 204 cm³/mol. The van der Waals surface area contributed by atoms with E-state index in [-0.39, 0.29) is 55.6 Å². The standard InChI is InChI=1S/C42H45N3O9S/c1-50-32-10-12-33(13-11-32)55(48,49)45(19-21-46)20-22-51-41-26-31(35-7-4-8-36-34-6-3-2-5-30(34)24-37(35)36)25-40(54-41)42(47)44-17-15-43(16-18-44)27-29-9-14-38-39(23-29)53-28-52-38/h2-14,23,25,31,41,46H,15-22,24,26-28H2,1H3/t31-,41+/m1/s1. The Morgan fingerprint density at radius 2 is 1.69 bits per heavy atom. The van der Waals surface area contributed by atoms with Crippen molar-refractivity contribution in [2.45, 2.75) is 36.5 Å². The highest BCUT2D eigenvalue weighted by Crippen LogP contribution is 2.43. The quantitative estimate of drug-likeness (QED) is 0.179. The molecule has 0 spiro atoms. The number of rotatable bonds is 13. The van der Waals surface area contributed by atoms with E-state index in [0.717, 1.165) is 35.6 Å². The van der Waals surface area contributed by atoms with Crippen LogP contribution in [0.3, 0.4) is 0 Å². The predicted octanol–water partition coefficient (Wildman–Crippen LogP) is 4.75. The van der Waals surface area contributed by atoms with Crippen LogP contribution in [-0.2, 0) is 37.3 Å². The average Bonchev–Trinajstić information content (AvgIpc) is 3.85. The number of nitrogens with zero attached hydrogens (tertiary/aromatic N) is 3. The van der Waals surface area contributed by atoms with Crippen LogP contribution in [0.1, 0.15) is 34.6 Å². The molecule has 1 saturated heterocycles. The van der Waals surface area contributed by atoms with Crippen molar-refractivity contribution in [1.29, 1.82) is 0 Å².